The first-order valence-electron chi connectivity index (χ1n) is 8.32. The van der Waals surface area contributed by atoms with Gasteiger partial charge in [-0.2, -0.15) is 0 Å². The van der Waals surface area contributed by atoms with E-state index in [1.165, 1.54) is 16.6 Å². The van der Waals surface area contributed by atoms with Gasteiger partial charge in [0, 0.05) is 13.1 Å². The minimum absolute atomic E-state index is 0.0337. The van der Waals surface area contributed by atoms with Gasteiger partial charge in [0.05, 0.1) is 11.5 Å². The second kappa shape index (κ2) is 8.76. The Bertz CT molecular complexity index is 797. The van der Waals surface area contributed by atoms with Crippen molar-refractivity contribution in [1.29, 1.82) is 0 Å². The molecule has 1 saturated heterocycles. The lowest BCUT2D eigenvalue weighted by Crippen LogP contribution is -2.56. The lowest BCUT2D eigenvalue weighted by Gasteiger charge is -2.37. The summed E-state index contributed by atoms with van der Waals surface area (Å²) in [7, 11) is -4.00. The average Bonchev–Trinajstić information content (AvgIpc) is 2.62. The van der Waals surface area contributed by atoms with Crippen molar-refractivity contribution in [1.82, 2.24) is 4.42 Å². The SMILES string of the molecule is CC#CCOc1ccc(S(=O)(=O)C2(C(=O)OCC)CCCN(Cl)C2)cc1. The van der Waals surface area contributed by atoms with Gasteiger partial charge in [0.15, 0.2) is 14.6 Å². The number of rotatable bonds is 6. The number of hydrogen-bond acceptors (Lipinski definition) is 6. The highest BCUT2D eigenvalue weighted by atomic mass is 35.5. The van der Waals surface area contributed by atoms with Crippen LogP contribution in [0.3, 0.4) is 0 Å². The Kier molecular flexibility index (Phi) is 6.93. The van der Waals surface area contributed by atoms with E-state index >= 15 is 0 Å². The molecule has 142 valence electrons. The summed E-state index contributed by atoms with van der Waals surface area (Å²) in [5.41, 5.74) is 0. The van der Waals surface area contributed by atoms with Crippen LogP contribution in [0, 0.1) is 11.8 Å². The average molecular weight is 400 g/mol. The molecule has 8 heteroatoms. The highest BCUT2D eigenvalue weighted by Crippen LogP contribution is 2.36. The first-order chi connectivity index (χ1) is 12.4. The molecular formula is C18H22ClNO5S. The fourth-order valence-electron chi connectivity index (χ4n) is 2.86. The number of esters is 1. The van der Waals surface area contributed by atoms with Crippen LogP contribution in [0.4, 0.5) is 0 Å². The molecule has 0 aromatic heterocycles. The van der Waals surface area contributed by atoms with Crippen molar-refractivity contribution < 1.29 is 22.7 Å². The lowest BCUT2D eigenvalue weighted by atomic mass is 9.98. The number of nitrogens with zero attached hydrogens (tertiary/aromatic N) is 1. The zero-order valence-electron chi connectivity index (χ0n) is 14.8. The third kappa shape index (κ3) is 4.14. The molecule has 1 aliphatic rings. The number of sulfone groups is 1. The molecule has 1 heterocycles. The Hall–Kier alpha value is -1.75. The standard InChI is InChI=1S/C18H22ClNO5S/c1-3-5-13-25-15-7-9-16(10-8-15)26(22,23)18(17(21)24-4-2)11-6-12-20(19)14-18/h7-10H,4,6,11-14H2,1-2H3. The highest BCUT2D eigenvalue weighted by molar-refractivity contribution is 7.93. The van der Waals surface area contributed by atoms with Gasteiger partial charge in [-0.25, -0.2) is 12.8 Å². The predicted molar refractivity (Wildman–Crippen MR) is 98.6 cm³/mol. The molecule has 0 spiro atoms. The van der Waals surface area contributed by atoms with Crippen molar-refractivity contribution in [2.45, 2.75) is 36.3 Å². The van der Waals surface area contributed by atoms with Crippen molar-refractivity contribution in [3.63, 3.8) is 0 Å². The van der Waals surface area contributed by atoms with Gasteiger partial charge in [0.25, 0.3) is 0 Å². The van der Waals surface area contributed by atoms with Gasteiger partial charge in [-0.05, 0) is 62.7 Å². The second-order valence-electron chi connectivity index (χ2n) is 5.85. The fourth-order valence-corrected chi connectivity index (χ4v) is 5.22. The van der Waals surface area contributed by atoms with Gasteiger partial charge >= 0.3 is 5.97 Å². The maximum atomic E-state index is 13.3. The number of ether oxygens (including phenoxy) is 2. The van der Waals surface area contributed by atoms with Gasteiger partial charge in [-0.15, -0.1) is 5.92 Å². The van der Waals surface area contributed by atoms with Gasteiger partial charge in [-0.1, -0.05) is 5.92 Å². The van der Waals surface area contributed by atoms with Crippen LogP contribution in [0.5, 0.6) is 5.75 Å². The van der Waals surface area contributed by atoms with Crippen molar-refractivity contribution in [2.24, 2.45) is 0 Å². The highest BCUT2D eigenvalue weighted by Gasteiger charge is 2.54. The second-order valence-corrected chi connectivity index (χ2v) is 8.59. The summed E-state index contributed by atoms with van der Waals surface area (Å²) in [6.07, 6.45) is 0.653. The Morgan fingerprint density at radius 1 is 1.35 bits per heavy atom. The zero-order chi connectivity index (χ0) is 19.2. The molecular weight excluding hydrogens is 378 g/mol. The molecule has 1 aromatic carbocycles. The largest absolute Gasteiger partial charge is 0.481 e. The fraction of sp³-hybridized carbons (Fsp3) is 0.500. The van der Waals surface area contributed by atoms with E-state index in [1.807, 2.05) is 0 Å². The van der Waals surface area contributed by atoms with Gasteiger partial charge in [0.2, 0.25) is 0 Å². The molecule has 0 N–H and O–H groups in total. The van der Waals surface area contributed by atoms with Gasteiger partial charge in [0.1, 0.15) is 12.4 Å². The van der Waals surface area contributed by atoms with Gasteiger partial charge < -0.3 is 9.47 Å². The van der Waals surface area contributed by atoms with Crippen molar-refractivity contribution in [3.05, 3.63) is 24.3 Å². The summed E-state index contributed by atoms with van der Waals surface area (Å²) in [5.74, 6) is 5.21. The van der Waals surface area contributed by atoms with E-state index in [0.29, 0.717) is 18.7 Å². The molecule has 0 aliphatic carbocycles. The summed E-state index contributed by atoms with van der Waals surface area (Å²) < 4.78 is 36.7. The topological polar surface area (TPSA) is 72.9 Å². The summed E-state index contributed by atoms with van der Waals surface area (Å²) >= 11 is 6.06. The molecule has 0 radical (unpaired) electrons. The molecule has 0 bridgehead atoms. The number of carbonyl (C=O) groups is 1. The molecule has 1 unspecified atom stereocenters. The van der Waals surface area contributed by atoms with E-state index in [9.17, 15) is 13.2 Å². The van der Waals surface area contributed by atoms with Crippen molar-refractivity contribution in [3.8, 4) is 17.6 Å². The van der Waals surface area contributed by atoms with Gasteiger partial charge in [-0.3, -0.25) is 4.79 Å². The maximum absolute atomic E-state index is 13.3. The van der Waals surface area contributed by atoms with Crippen molar-refractivity contribution >= 4 is 27.6 Å². The van der Waals surface area contributed by atoms with Crippen molar-refractivity contribution in [2.75, 3.05) is 26.3 Å². The van der Waals surface area contributed by atoms with Crippen LogP contribution in [-0.4, -0.2) is 49.9 Å². The third-order valence-corrected chi connectivity index (χ3v) is 6.90. The number of piperidine rings is 1. The van der Waals surface area contributed by atoms with Crippen LogP contribution in [0.2, 0.25) is 0 Å². The number of halogens is 1. The van der Waals surface area contributed by atoms with Crippen LogP contribution >= 0.6 is 11.8 Å². The molecule has 1 aromatic rings. The predicted octanol–water partition coefficient (Wildman–Crippen LogP) is 2.41. The van der Waals surface area contributed by atoms with Crippen LogP contribution in [0.1, 0.15) is 26.7 Å². The summed E-state index contributed by atoms with van der Waals surface area (Å²) in [6.45, 7) is 4.08. The quantitative estimate of drug-likeness (QED) is 0.415. The number of hydrogen-bond donors (Lipinski definition) is 0. The summed E-state index contributed by atoms with van der Waals surface area (Å²) in [4.78, 5) is 12.6. The maximum Gasteiger partial charge on any atom is 0.329 e. The van der Waals surface area contributed by atoms with E-state index in [0.717, 1.165) is 0 Å². The normalized spacial score (nSPS) is 20.7. The molecule has 1 fully saturated rings. The zero-order valence-corrected chi connectivity index (χ0v) is 16.4. The molecule has 0 amide bonds. The van der Waals surface area contributed by atoms with E-state index in [4.69, 9.17) is 21.3 Å². The summed E-state index contributed by atoms with van der Waals surface area (Å²) in [6, 6.07) is 5.95. The monoisotopic (exact) mass is 399 g/mol. The molecule has 6 nitrogen and oxygen atoms in total. The minimum Gasteiger partial charge on any atom is -0.481 e. The molecule has 0 saturated carbocycles. The first-order valence-corrected chi connectivity index (χ1v) is 10.1. The van der Waals surface area contributed by atoms with E-state index in [2.05, 4.69) is 11.8 Å². The Morgan fingerprint density at radius 2 is 2.04 bits per heavy atom. The van der Waals surface area contributed by atoms with Crippen LogP contribution < -0.4 is 4.74 Å². The lowest BCUT2D eigenvalue weighted by molar-refractivity contribution is -0.147. The Morgan fingerprint density at radius 3 is 2.62 bits per heavy atom. The molecule has 1 aliphatic heterocycles. The minimum atomic E-state index is -4.00. The first kappa shape index (κ1) is 20.6. The molecule has 2 rings (SSSR count). The number of benzene rings is 1. The third-order valence-electron chi connectivity index (χ3n) is 4.19. The Balaban J connectivity index is 2.36. The Labute approximate surface area is 159 Å². The summed E-state index contributed by atoms with van der Waals surface area (Å²) in [5, 5.41) is 0. The molecule has 26 heavy (non-hydrogen) atoms. The smallest absolute Gasteiger partial charge is 0.329 e. The van der Waals surface area contributed by atoms with Crippen LogP contribution in [0.15, 0.2) is 29.2 Å². The van der Waals surface area contributed by atoms with Crippen LogP contribution in [0.25, 0.3) is 0 Å². The van der Waals surface area contributed by atoms with Crippen LogP contribution in [-0.2, 0) is 19.4 Å². The molecule has 1 atom stereocenters. The van der Waals surface area contributed by atoms with E-state index < -0.39 is 20.6 Å². The van der Waals surface area contributed by atoms with E-state index in [-0.39, 0.29) is 31.1 Å². The van der Waals surface area contributed by atoms with E-state index in [1.54, 1.807) is 26.0 Å². The number of carbonyl (C=O) groups excluding carboxylic acids is 1.